The Morgan fingerprint density at radius 1 is 1.39 bits per heavy atom. The Balaban J connectivity index is 2.59. The van der Waals surface area contributed by atoms with Gasteiger partial charge in [-0.3, -0.25) is 0 Å². The molecule has 2 aromatic rings. The van der Waals surface area contributed by atoms with Gasteiger partial charge < -0.3 is 9.55 Å². The molecular weight excluding hydrogens is 254 g/mol. The van der Waals surface area contributed by atoms with E-state index in [4.69, 9.17) is 12.2 Å². The van der Waals surface area contributed by atoms with Crippen LogP contribution < -0.4 is 0 Å². The van der Waals surface area contributed by atoms with Crippen LogP contribution in [0.25, 0.3) is 11.0 Å². The fourth-order valence-corrected chi connectivity index (χ4v) is 2.58. The summed E-state index contributed by atoms with van der Waals surface area (Å²) < 4.78 is 29.3. The highest BCUT2D eigenvalue weighted by molar-refractivity contribution is 7.71. The van der Waals surface area contributed by atoms with E-state index in [2.05, 4.69) is 11.9 Å². The van der Waals surface area contributed by atoms with Crippen molar-refractivity contribution in [2.45, 2.75) is 39.2 Å². The van der Waals surface area contributed by atoms with Gasteiger partial charge in [-0.1, -0.05) is 19.8 Å². The van der Waals surface area contributed by atoms with Crippen LogP contribution >= 0.6 is 12.2 Å². The van der Waals surface area contributed by atoms with E-state index in [1.54, 1.807) is 4.57 Å². The maximum atomic E-state index is 13.9. The van der Waals surface area contributed by atoms with Gasteiger partial charge in [0.25, 0.3) is 0 Å². The third-order valence-electron chi connectivity index (χ3n) is 3.19. The highest BCUT2D eigenvalue weighted by atomic mass is 32.1. The lowest BCUT2D eigenvalue weighted by Crippen LogP contribution is -2.06. The van der Waals surface area contributed by atoms with E-state index >= 15 is 0 Å². The lowest BCUT2D eigenvalue weighted by molar-refractivity contribution is 0.473. The Morgan fingerprint density at radius 2 is 2.11 bits per heavy atom. The fourth-order valence-electron chi connectivity index (χ4n) is 2.20. The minimum Gasteiger partial charge on any atom is -0.330 e. The molecule has 5 heteroatoms. The monoisotopic (exact) mass is 270 g/mol. The van der Waals surface area contributed by atoms with Crippen LogP contribution in [-0.4, -0.2) is 9.55 Å². The minimum absolute atomic E-state index is 0.0579. The van der Waals surface area contributed by atoms with E-state index in [9.17, 15) is 8.78 Å². The molecule has 0 saturated carbocycles. The molecule has 0 spiro atoms. The topological polar surface area (TPSA) is 20.7 Å². The second kappa shape index (κ2) is 5.18. The number of H-pyrrole nitrogens is 1. The first-order valence-corrected chi connectivity index (χ1v) is 6.55. The number of benzene rings is 1. The van der Waals surface area contributed by atoms with Crippen LogP contribution in [0.1, 0.15) is 39.2 Å². The van der Waals surface area contributed by atoms with Crippen molar-refractivity contribution in [1.29, 1.82) is 0 Å². The van der Waals surface area contributed by atoms with Gasteiger partial charge in [0.1, 0.15) is 5.52 Å². The molecule has 0 aliphatic rings. The Kier molecular flexibility index (Phi) is 3.80. The highest BCUT2D eigenvalue weighted by Crippen LogP contribution is 2.26. The Labute approximate surface area is 110 Å². The largest absolute Gasteiger partial charge is 0.330 e. The third kappa shape index (κ3) is 2.19. The maximum Gasteiger partial charge on any atom is 0.184 e. The third-order valence-corrected chi connectivity index (χ3v) is 3.49. The summed E-state index contributed by atoms with van der Waals surface area (Å²) in [7, 11) is 0. The first-order valence-electron chi connectivity index (χ1n) is 6.14. The number of imidazole rings is 1. The molecule has 0 aliphatic heterocycles. The summed E-state index contributed by atoms with van der Waals surface area (Å²) in [4.78, 5) is 2.92. The number of nitrogens with one attached hydrogen (secondary N) is 1. The van der Waals surface area contributed by atoms with Gasteiger partial charge in [0.15, 0.2) is 16.4 Å². The predicted octanol–water partition coefficient (Wildman–Crippen LogP) is 4.73. The van der Waals surface area contributed by atoms with Crippen LogP contribution in [0.5, 0.6) is 0 Å². The molecule has 0 aliphatic carbocycles. The van der Waals surface area contributed by atoms with Crippen LogP contribution in [0.4, 0.5) is 8.78 Å². The Hall–Kier alpha value is -1.23. The number of nitrogens with zero attached hydrogens (tertiary/aromatic N) is 1. The van der Waals surface area contributed by atoms with E-state index < -0.39 is 11.6 Å². The smallest absolute Gasteiger partial charge is 0.184 e. The van der Waals surface area contributed by atoms with Crippen LogP contribution in [0.2, 0.25) is 0 Å². The van der Waals surface area contributed by atoms with Crippen LogP contribution in [0.3, 0.4) is 0 Å². The molecule has 0 amide bonds. The Bertz CT molecular complexity index is 615. The molecule has 18 heavy (non-hydrogen) atoms. The summed E-state index contributed by atoms with van der Waals surface area (Å²) in [5.41, 5.74) is 0.783. The number of hydrogen-bond acceptors (Lipinski definition) is 1. The number of aromatic amines is 1. The Morgan fingerprint density at radius 3 is 2.78 bits per heavy atom. The number of halogens is 2. The molecule has 98 valence electrons. The number of aromatic nitrogens is 2. The number of rotatable bonds is 4. The molecule has 2 rings (SSSR count). The SMILES string of the molecule is CCCCC(C)n1c(=S)[nH]c2ccc(F)c(F)c21. The second-order valence-corrected chi connectivity index (χ2v) is 4.94. The molecule has 1 atom stereocenters. The molecule has 0 radical (unpaired) electrons. The molecule has 1 aromatic carbocycles. The zero-order valence-corrected chi connectivity index (χ0v) is 11.3. The lowest BCUT2D eigenvalue weighted by Gasteiger charge is -2.14. The number of fused-ring (bicyclic) bond motifs is 1. The average Bonchev–Trinajstić information content (AvgIpc) is 2.68. The second-order valence-electron chi connectivity index (χ2n) is 4.55. The number of unbranched alkanes of at least 4 members (excludes halogenated alkanes) is 1. The molecule has 1 heterocycles. The van der Waals surface area contributed by atoms with Crippen LogP contribution in [-0.2, 0) is 0 Å². The van der Waals surface area contributed by atoms with Gasteiger partial charge in [-0.05, 0) is 37.7 Å². The van der Waals surface area contributed by atoms with E-state index in [-0.39, 0.29) is 11.6 Å². The van der Waals surface area contributed by atoms with Gasteiger partial charge in [-0.15, -0.1) is 0 Å². The number of hydrogen-bond donors (Lipinski definition) is 1. The average molecular weight is 270 g/mol. The molecule has 0 saturated heterocycles. The predicted molar refractivity (Wildman–Crippen MR) is 71.3 cm³/mol. The highest BCUT2D eigenvalue weighted by Gasteiger charge is 2.16. The molecule has 2 nitrogen and oxygen atoms in total. The fraction of sp³-hybridized carbons (Fsp3) is 0.462. The van der Waals surface area contributed by atoms with E-state index in [1.807, 2.05) is 6.92 Å². The van der Waals surface area contributed by atoms with Gasteiger partial charge >= 0.3 is 0 Å². The standard InChI is InChI=1S/C13H16F2N2S/c1-3-4-5-8(2)17-12-10(16-13(17)18)7-6-9(14)11(12)15/h6-8H,3-5H2,1-2H3,(H,16,18). The van der Waals surface area contributed by atoms with Gasteiger partial charge in [0.05, 0.1) is 5.52 Å². The first kappa shape index (κ1) is 13.2. The van der Waals surface area contributed by atoms with E-state index in [0.717, 1.165) is 25.3 Å². The van der Waals surface area contributed by atoms with Crippen molar-refractivity contribution in [3.63, 3.8) is 0 Å². The van der Waals surface area contributed by atoms with Crippen LogP contribution in [0, 0.1) is 16.4 Å². The van der Waals surface area contributed by atoms with Crippen molar-refractivity contribution in [2.24, 2.45) is 0 Å². The van der Waals surface area contributed by atoms with Crippen molar-refractivity contribution in [2.75, 3.05) is 0 Å². The quantitative estimate of drug-likeness (QED) is 0.797. The zero-order valence-electron chi connectivity index (χ0n) is 10.5. The maximum absolute atomic E-state index is 13.9. The van der Waals surface area contributed by atoms with Crippen molar-refractivity contribution in [1.82, 2.24) is 9.55 Å². The van der Waals surface area contributed by atoms with Crippen molar-refractivity contribution in [3.8, 4) is 0 Å². The minimum atomic E-state index is -0.840. The van der Waals surface area contributed by atoms with Crippen molar-refractivity contribution in [3.05, 3.63) is 28.5 Å². The van der Waals surface area contributed by atoms with Crippen molar-refractivity contribution < 1.29 is 8.78 Å². The normalized spacial score (nSPS) is 13.1. The summed E-state index contributed by atoms with van der Waals surface area (Å²) in [6.07, 6.45) is 3.00. The van der Waals surface area contributed by atoms with E-state index in [0.29, 0.717) is 10.3 Å². The lowest BCUT2D eigenvalue weighted by atomic mass is 10.1. The zero-order chi connectivity index (χ0) is 13.3. The molecule has 0 fully saturated rings. The molecule has 0 bridgehead atoms. The molecular formula is C13H16F2N2S. The van der Waals surface area contributed by atoms with Crippen LogP contribution in [0.15, 0.2) is 12.1 Å². The summed E-state index contributed by atoms with van der Waals surface area (Å²) >= 11 is 5.20. The summed E-state index contributed by atoms with van der Waals surface area (Å²) in [5, 5.41) is 0. The summed E-state index contributed by atoms with van der Waals surface area (Å²) in [5.74, 6) is -1.67. The molecule has 1 N–H and O–H groups in total. The summed E-state index contributed by atoms with van der Waals surface area (Å²) in [6, 6.07) is 2.69. The van der Waals surface area contributed by atoms with Gasteiger partial charge in [0, 0.05) is 6.04 Å². The molecule has 1 aromatic heterocycles. The van der Waals surface area contributed by atoms with E-state index in [1.165, 1.54) is 6.07 Å². The van der Waals surface area contributed by atoms with Gasteiger partial charge in [-0.25, -0.2) is 8.78 Å². The first-order chi connectivity index (χ1) is 8.56. The summed E-state index contributed by atoms with van der Waals surface area (Å²) in [6.45, 7) is 4.07. The van der Waals surface area contributed by atoms with Crippen molar-refractivity contribution >= 4 is 23.3 Å². The van der Waals surface area contributed by atoms with Gasteiger partial charge in [-0.2, -0.15) is 0 Å². The van der Waals surface area contributed by atoms with Gasteiger partial charge in [0.2, 0.25) is 0 Å². The molecule has 1 unspecified atom stereocenters.